The summed E-state index contributed by atoms with van der Waals surface area (Å²) in [5.74, 6) is 0. The summed E-state index contributed by atoms with van der Waals surface area (Å²) in [6.45, 7) is 8.37. The van der Waals surface area contributed by atoms with E-state index in [1.54, 1.807) is 51.1 Å². The number of rotatable bonds is 4. The van der Waals surface area contributed by atoms with Gasteiger partial charge in [0, 0.05) is 6.54 Å². The highest BCUT2D eigenvalue weighted by molar-refractivity contribution is 5.19. The maximum Gasteiger partial charge on any atom is 0.430 e. The Morgan fingerprint density at radius 1 is 1.24 bits per heavy atom. The number of allylic oxidation sites excluding steroid dienone is 1. The van der Waals surface area contributed by atoms with Crippen LogP contribution in [0.4, 0.5) is 13.2 Å². The Kier molecular flexibility index (Phi) is 5.06. The van der Waals surface area contributed by atoms with Gasteiger partial charge in [0.25, 0.3) is 0 Å². The van der Waals surface area contributed by atoms with E-state index in [9.17, 15) is 18.4 Å². The van der Waals surface area contributed by atoms with Gasteiger partial charge in [0.15, 0.2) is 0 Å². The first-order valence-electron chi connectivity index (χ1n) is 6.53. The third-order valence-corrected chi connectivity index (χ3v) is 3.12. The average molecular weight is 296 g/mol. The Bertz CT molecular complexity index is 521. The smallest absolute Gasteiger partial charge is 0.347 e. The van der Waals surface area contributed by atoms with E-state index in [2.05, 4.69) is 6.58 Å². The van der Waals surface area contributed by atoms with Crippen molar-refractivity contribution in [2.45, 2.75) is 39.5 Å². The van der Waals surface area contributed by atoms with Gasteiger partial charge in [-0.15, -0.1) is 0 Å². The minimum atomic E-state index is -4.56. The van der Waals surface area contributed by atoms with Crippen LogP contribution in [0.2, 0.25) is 0 Å². The summed E-state index contributed by atoms with van der Waals surface area (Å²) in [6.07, 6.45) is -4.56. The zero-order valence-electron chi connectivity index (χ0n) is 12.4. The van der Waals surface area contributed by atoms with Gasteiger partial charge >= 0.3 is 6.18 Å². The Hall–Kier alpha value is -1.96. The second-order valence-electron chi connectivity index (χ2n) is 5.96. The number of alkyl halides is 3. The maximum atomic E-state index is 13.0. The van der Waals surface area contributed by atoms with Crippen molar-refractivity contribution >= 4 is 0 Å². The molecule has 0 saturated carbocycles. The molecule has 1 unspecified atom stereocenters. The molecule has 0 spiro atoms. The molecule has 0 aliphatic heterocycles. The Morgan fingerprint density at radius 3 is 2.14 bits per heavy atom. The van der Waals surface area contributed by atoms with E-state index >= 15 is 0 Å². The molecule has 1 aromatic carbocycles. The zero-order valence-corrected chi connectivity index (χ0v) is 12.4. The van der Waals surface area contributed by atoms with Crippen LogP contribution >= 0.6 is 0 Å². The number of hydrogen-bond donors (Lipinski definition) is 0. The van der Waals surface area contributed by atoms with E-state index in [0.29, 0.717) is 5.56 Å². The lowest BCUT2D eigenvalue weighted by atomic mass is 9.86. The van der Waals surface area contributed by atoms with Gasteiger partial charge in [-0.3, -0.25) is 0 Å². The molecule has 1 aromatic rings. The second-order valence-corrected chi connectivity index (χ2v) is 5.96. The molecule has 1 atom stereocenters. The second kappa shape index (κ2) is 6.21. The van der Waals surface area contributed by atoms with Gasteiger partial charge in [-0.25, -0.2) is 0 Å². The van der Waals surface area contributed by atoms with E-state index in [-0.39, 0.29) is 6.54 Å². The zero-order chi connectivity index (χ0) is 16.3. The topological polar surface area (TPSA) is 27.0 Å². The van der Waals surface area contributed by atoms with Crippen molar-refractivity contribution in [1.29, 1.82) is 5.26 Å². The van der Waals surface area contributed by atoms with Crippen molar-refractivity contribution < 1.29 is 13.2 Å². The molecule has 114 valence electrons. The van der Waals surface area contributed by atoms with Crippen LogP contribution in [0.1, 0.15) is 26.3 Å². The Balaban J connectivity index is 3.18. The lowest BCUT2D eigenvalue weighted by molar-refractivity contribution is -0.117. The minimum absolute atomic E-state index is 0.00528. The van der Waals surface area contributed by atoms with Crippen molar-refractivity contribution in [3.05, 3.63) is 48.2 Å². The predicted octanol–water partition coefficient (Wildman–Crippen LogP) is 4.50. The lowest BCUT2D eigenvalue weighted by Crippen LogP contribution is -2.45. The van der Waals surface area contributed by atoms with E-state index in [0.717, 1.165) is 4.90 Å². The SMILES string of the molecule is C=C(N(Cc1ccccc1)C(C#N)C(C)(C)C)C(F)(F)F. The molecule has 2 nitrogen and oxygen atoms in total. The maximum absolute atomic E-state index is 13.0. The molecule has 0 aliphatic carbocycles. The number of nitriles is 1. The van der Waals surface area contributed by atoms with Gasteiger partial charge < -0.3 is 4.90 Å². The number of nitrogens with zero attached hydrogens (tertiary/aromatic N) is 2. The summed E-state index contributed by atoms with van der Waals surface area (Å²) >= 11 is 0. The van der Waals surface area contributed by atoms with Crippen LogP contribution in [0.25, 0.3) is 0 Å². The van der Waals surface area contributed by atoms with Crippen molar-refractivity contribution in [3.8, 4) is 6.07 Å². The van der Waals surface area contributed by atoms with Crippen molar-refractivity contribution in [1.82, 2.24) is 4.90 Å². The van der Waals surface area contributed by atoms with E-state index in [1.807, 2.05) is 6.07 Å². The van der Waals surface area contributed by atoms with Crippen molar-refractivity contribution in [2.24, 2.45) is 5.41 Å². The molecule has 0 saturated heterocycles. The van der Waals surface area contributed by atoms with Gasteiger partial charge in [0.1, 0.15) is 11.7 Å². The monoisotopic (exact) mass is 296 g/mol. The van der Waals surface area contributed by atoms with E-state index in [4.69, 9.17) is 0 Å². The van der Waals surface area contributed by atoms with Gasteiger partial charge in [-0.2, -0.15) is 18.4 Å². The van der Waals surface area contributed by atoms with Gasteiger partial charge in [-0.1, -0.05) is 57.7 Å². The molecule has 0 aromatic heterocycles. The number of hydrogen-bond acceptors (Lipinski definition) is 2. The molecule has 0 N–H and O–H groups in total. The quantitative estimate of drug-likeness (QED) is 0.817. The summed E-state index contributed by atoms with van der Waals surface area (Å²) in [4.78, 5) is 1.04. The first-order valence-corrected chi connectivity index (χ1v) is 6.53. The molecule has 5 heteroatoms. The average Bonchev–Trinajstić information content (AvgIpc) is 2.36. The summed E-state index contributed by atoms with van der Waals surface area (Å²) in [7, 11) is 0. The summed E-state index contributed by atoms with van der Waals surface area (Å²) in [5, 5.41) is 9.32. The third kappa shape index (κ3) is 4.52. The fraction of sp³-hybridized carbons (Fsp3) is 0.438. The molecule has 0 radical (unpaired) electrons. The summed E-state index contributed by atoms with van der Waals surface area (Å²) < 4.78 is 39.1. The van der Waals surface area contributed by atoms with Crippen LogP contribution in [0.5, 0.6) is 0 Å². The lowest BCUT2D eigenvalue weighted by Gasteiger charge is -2.38. The fourth-order valence-corrected chi connectivity index (χ4v) is 2.02. The molecule has 0 heterocycles. The van der Waals surface area contributed by atoms with Gasteiger partial charge in [0.2, 0.25) is 0 Å². The van der Waals surface area contributed by atoms with E-state index in [1.165, 1.54) is 0 Å². The highest BCUT2D eigenvalue weighted by Gasteiger charge is 2.41. The van der Waals surface area contributed by atoms with E-state index < -0.39 is 23.3 Å². The molecule has 0 aliphatic rings. The Labute approximate surface area is 123 Å². The number of benzene rings is 1. The molecular formula is C16H19F3N2. The highest BCUT2D eigenvalue weighted by atomic mass is 19.4. The van der Waals surface area contributed by atoms with Gasteiger partial charge in [-0.05, 0) is 11.0 Å². The molecule has 1 rings (SSSR count). The minimum Gasteiger partial charge on any atom is -0.347 e. The highest BCUT2D eigenvalue weighted by Crippen LogP contribution is 2.34. The first kappa shape index (κ1) is 17.1. The normalized spacial score (nSPS) is 13.4. The van der Waals surface area contributed by atoms with Crippen LogP contribution < -0.4 is 0 Å². The molecule has 0 fully saturated rings. The van der Waals surface area contributed by atoms with Crippen molar-refractivity contribution in [3.63, 3.8) is 0 Å². The van der Waals surface area contributed by atoms with Crippen molar-refractivity contribution in [2.75, 3.05) is 0 Å². The van der Waals surface area contributed by atoms with Crippen LogP contribution in [-0.2, 0) is 6.54 Å². The van der Waals surface area contributed by atoms with Crippen LogP contribution in [0, 0.1) is 16.7 Å². The van der Waals surface area contributed by atoms with Crippen LogP contribution in [-0.4, -0.2) is 17.1 Å². The molecule has 0 amide bonds. The van der Waals surface area contributed by atoms with Crippen LogP contribution in [0.3, 0.4) is 0 Å². The molecular weight excluding hydrogens is 277 g/mol. The predicted molar refractivity (Wildman–Crippen MR) is 76.0 cm³/mol. The standard InChI is InChI=1S/C16H19F3N2/c1-12(16(17,18)19)21(14(10-20)15(2,3)4)11-13-8-6-5-7-9-13/h5-9,14H,1,11H2,2-4H3. The summed E-state index contributed by atoms with van der Waals surface area (Å²) in [6, 6.07) is 9.81. The number of halogens is 3. The van der Waals surface area contributed by atoms with Gasteiger partial charge in [0.05, 0.1) is 6.07 Å². The first-order chi connectivity index (χ1) is 9.57. The summed E-state index contributed by atoms with van der Waals surface area (Å²) in [5.41, 5.74) is -0.919. The fourth-order valence-electron chi connectivity index (χ4n) is 2.02. The molecule has 0 bridgehead atoms. The third-order valence-electron chi connectivity index (χ3n) is 3.12. The van der Waals surface area contributed by atoms with Crippen LogP contribution in [0.15, 0.2) is 42.6 Å². The largest absolute Gasteiger partial charge is 0.430 e. The Morgan fingerprint density at radius 2 is 1.76 bits per heavy atom. The molecule has 21 heavy (non-hydrogen) atoms.